The summed E-state index contributed by atoms with van der Waals surface area (Å²) >= 11 is 0. The van der Waals surface area contributed by atoms with Gasteiger partial charge in [0.1, 0.15) is 17.1 Å². The number of allylic oxidation sites excluding steroid dienone is 4. The van der Waals surface area contributed by atoms with E-state index in [1.807, 2.05) is 6.07 Å². The third-order valence-corrected chi connectivity index (χ3v) is 5.98. The number of urea groups is 1. The van der Waals surface area contributed by atoms with Crippen LogP contribution in [0.2, 0.25) is 0 Å². The van der Waals surface area contributed by atoms with Crippen molar-refractivity contribution < 1.29 is 23.5 Å². The Kier molecular flexibility index (Phi) is 6.77. The SMILES string of the molecule is C=C/C=C(\C=C/C[C@]1(CN2Cc3ccc(OC)cc3C2=O)NC(=O)NC1=O)Cc1ccc(F)cn1. The Hall–Kier alpha value is -4.27. The normalized spacial score (nSPS) is 19.7. The molecule has 4 rings (SSSR count). The molecule has 8 nitrogen and oxygen atoms in total. The van der Waals surface area contributed by atoms with Crippen LogP contribution in [0.25, 0.3) is 0 Å². The van der Waals surface area contributed by atoms with Gasteiger partial charge in [-0.15, -0.1) is 0 Å². The van der Waals surface area contributed by atoms with Gasteiger partial charge in [-0.3, -0.25) is 19.9 Å². The van der Waals surface area contributed by atoms with Crippen LogP contribution in [0.4, 0.5) is 9.18 Å². The van der Waals surface area contributed by atoms with Crippen LogP contribution in [-0.2, 0) is 17.8 Å². The summed E-state index contributed by atoms with van der Waals surface area (Å²) in [4.78, 5) is 43.5. The topological polar surface area (TPSA) is 101 Å². The Morgan fingerprint density at radius 2 is 2.11 bits per heavy atom. The second-order valence-corrected chi connectivity index (χ2v) is 8.40. The van der Waals surface area contributed by atoms with Gasteiger partial charge in [0, 0.05) is 24.2 Å². The lowest BCUT2D eigenvalue weighted by Crippen LogP contribution is -2.55. The first-order valence-electron chi connectivity index (χ1n) is 11.0. The molecule has 0 spiro atoms. The van der Waals surface area contributed by atoms with Crippen molar-refractivity contribution in [3.8, 4) is 5.75 Å². The predicted molar refractivity (Wildman–Crippen MR) is 127 cm³/mol. The number of amides is 4. The summed E-state index contributed by atoms with van der Waals surface area (Å²) in [6.45, 7) is 4.05. The van der Waals surface area contributed by atoms with E-state index in [4.69, 9.17) is 4.74 Å². The Labute approximate surface area is 202 Å². The van der Waals surface area contributed by atoms with E-state index in [1.165, 1.54) is 13.2 Å². The molecule has 4 amide bonds. The average Bonchev–Trinajstić information content (AvgIpc) is 3.29. The van der Waals surface area contributed by atoms with E-state index >= 15 is 0 Å². The lowest BCUT2D eigenvalue weighted by Gasteiger charge is -2.30. The maximum atomic E-state index is 13.2. The Bertz CT molecular complexity index is 1240. The van der Waals surface area contributed by atoms with Crippen molar-refractivity contribution in [2.24, 2.45) is 0 Å². The fraction of sp³-hybridized carbons (Fsp3) is 0.231. The summed E-state index contributed by atoms with van der Waals surface area (Å²) in [6, 6.07) is 7.60. The lowest BCUT2D eigenvalue weighted by molar-refractivity contribution is -0.124. The van der Waals surface area contributed by atoms with Crippen LogP contribution in [0.15, 0.2) is 73.0 Å². The first kappa shape index (κ1) is 23.9. The molecule has 0 aliphatic carbocycles. The minimum atomic E-state index is -1.32. The van der Waals surface area contributed by atoms with Crippen molar-refractivity contribution in [3.63, 3.8) is 0 Å². The van der Waals surface area contributed by atoms with Crippen molar-refractivity contribution in [1.82, 2.24) is 20.5 Å². The second-order valence-electron chi connectivity index (χ2n) is 8.40. The third-order valence-electron chi connectivity index (χ3n) is 5.98. The standard InChI is InChI=1S/C26H25FN4O4/c1-3-5-17(12-20-9-8-19(27)14-28-20)6-4-11-26(24(33)29-25(34)30-26)16-31-15-18-7-10-21(35-2)13-22(18)23(31)32/h3-10,13-14H,1,11-12,15-16H2,2H3,(H2,29,30,33,34)/b6-4-,17-5+/t26-/m1/s1. The molecule has 0 bridgehead atoms. The maximum Gasteiger partial charge on any atom is 0.322 e. The average molecular weight is 477 g/mol. The number of nitrogens with one attached hydrogen (secondary N) is 2. The Morgan fingerprint density at radius 3 is 2.77 bits per heavy atom. The van der Waals surface area contributed by atoms with E-state index < -0.39 is 23.3 Å². The second kappa shape index (κ2) is 9.92. The number of pyridine rings is 1. The van der Waals surface area contributed by atoms with Crippen molar-refractivity contribution in [2.45, 2.75) is 24.9 Å². The molecule has 1 aromatic carbocycles. The van der Waals surface area contributed by atoms with Gasteiger partial charge < -0.3 is 15.0 Å². The number of ether oxygens (including phenoxy) is 1. The number of halogens is 1. The summed E-state index contributed by atoms with van der Waals surface area (Å²) in [7, 11) is 1.53. The smallest absolute Gasteiger partial charge is 0.322 e. The fourth-order valence-electron chi connectivity index (χ4n) is 4.22. The summed E-state index contributed by atoms with van der Waals surface area (Å²) in [5, 5.41) is 5.00. The fourth-order valence-corrected chi connectivity index (χ4v) is 4.22. The number of nitrogens with zero attached hydrogens (tertiary/aromatic N) is 2. The van der Waals surface area contributed by atoms with Crippen LogP contribution in [-0.4, -0.2) is 46.9 Å². The molecule has 0 unspecified atom stereocenters. The van der Waals surface area contributed by atoms with E-state index in [-0.39, 0.29) is 18.9 Å². The van der Waals surface area contributed by atoms with Crippen LogP contribution >= 0.6 is 0 Å². The van der Waals surface area contributed by atoms with E-state index in [0.717, 1.165) is 17.3 Å². The molecular formula is C26H25FN4O4. The Morgan fingerprint density at radius 1 is 1.29 bits per heavy atom. The van der Waals surface area contributed by atoms with Gasteiger partial charge in [-0.1, -0.05) is 36.9 Å². The number of benzene rings is 1. The number of imide groups is 1. The van der Waals surface area contributed by atoms with Gasteiger partial charge in [0.05, 0.1) is 19.9 Å². The monoisotopic (exact) mass is 476 g/mol. The highest BCUT2D eigenvalue weighted by Crippen LogP contribution is 2.29. The van der Waals surface area contributed by atoms with E-state index in [0.29, 0.717) is 30.0 Å². The van der Waals surface area contributed by atoms with Crippen molar-refractivity contribution >= 4 is 17.8 Å². The zero-order valence-electron chi connectivity index (χ0n) is 19.2. The molecule has 0 saturated carbocycles. The number of fused-ring (bicyclic) bond motifs is 1. The molecule has 1 saturated heterocycles. The number of rotatable bonds is 9. The van der Waals surface area contributed by atoms with E-state index in [9.17, 15) is 18.8 Å². The van der Waals surface area contributed by atoms with Gasteiger partial charge in [-0.05, 0) is 41.8 Å². The number of methoxy groups -OCH3 is 1. The zero-order valence-corrected chi connectivity index (χ0v) is 19.2. The van der Waals surface area contributed by atoms with Crippen LogP contribution in [0, 0.1) is 5.82 Å². The highest BCUT2D eigenvalue weighted by molar-refractivity contribution is 6.08. The predicted octanol–water partition coefficient (Wildman–Crippen LogP) is 3.06. The maximum absolute atomic E-state index is 13.2. The van der Waals surface area contributed by atoms with Crippen LogP contribution in [0.5, 0.6) is 5.75 Å². The quantitative estimate of drug-likeness (QED) is 0.428. The molecule has 2 aliphatic rings. The largest absolute Gasteiger partial charge is 0.497 e. The van der Waals surface area contributed by atoms with Gasteiger partial charge >= 0.3 is 6.03 Å². The molecule has 3 heterocycles. The first-order chi connectivity index (χ1) is 16.8. The van der Waals surface area contributed by atoms with Crippen LogP contribution in [0.3, 0.4) is 0 Å². The highest BCUT2D eigenvalue weighted by atomic mass is 19.1. The summed E-state index contributed by atoms with van der Waals surface area (Å²) < 4.78 is 18.4. The molecule has 9 heteroatoms. The molecule has 180 valence electrons. The number of carbonyl (C=O) groups excluding carboxylic acids is 3. The molecule has 2 aliphatic heterocycles. The summed E-state index contributed by atoms with van der Waals surface area (Å²) in [5.41, 5.74) is 1.53. The number of hydrogen-bond acceptors (Lipinski definition) is 5. The van der Waals surface area contributed by atoms with Gasteiger partial charge in [0.2, 0.25) is 0 Å². The van der Waals surface area contributed by atoms with Crippen molar-refractivity contribution in [2.75, 3.05) is 13.7 Å². The van der Waals surface area contributed by atoms with Crippen LogP contribution in [0.1, 0.15) is 28.0 Å². The number of carbonyl (C=O) groups is 3. The number of hydrogen-bond donors (Lipinski definition) is 2. The van der Waals surface area contributed by atoms with Gasteiger partial charge in [-0.2, -0.15) is 0 Å². The van der Waals surface area contributed by atoms with Crippen molar-refractivity contribution in [3.05, 3.63) is 95.6 Å². The number of aromatic nitrogens is 1. The van der Waals surface area contributed by atoms with Gasteiger partial charge in [-0.25, -0.2) is 9.18 Å². The summed E-state index contributed by atoms with van der Waals surface area (Å²) in [6.07, 6.45) is 8.71. The molecular weight excluding hydrogens is 451 g/mol. The minimum Gasteiger partial charge on any atom is -0.497 e. The molecule has 2 N–H and O–H groups in total. The molecule has 1 fully saturated rings. The first-order valence-corrected chi connectivity index (χ1v) is 11.0. The third kappa shape index (κ3) is 5.13. The molecule has 35 heavy (non-hydrogen) atoms. The zero-order chi connectivity index (χ0) is 25.0. The van der Waals surface area contributed by atoms with Gasteiger partial charge in [0.15, 0.2) is 0 Å². The molecule has 2 aromatic rings. The highest BCUT2D eigenvalue weighted by Gasteiger charge is 2.48. The van der Waals surface area contributed by atoms with Gasteiger partial charge in [0.25, 0.3) is 11.8 Å². The van der Waals surface area contributed by atoms with Crippen molar-refractivity contribution in [1.29, 1.82) is 0 Å². The minimum absolute atomic E-state index is 0.00473. The molecule has 1 atom stereocenters. The molecule has 1 aromatic heterocycles. The molecule has 0 radical (unpaired) electrons. The summed E-state index contributed by atoms with van der Waals surface area (Å²) in [5.74, 6) is -0.574. The lowest BCUT2D eigenvalue weighted by atomic mass is 9.93. The Balaban J connectivity index is 1.52. The van der Waals surface area contributed by atoms with Crippen LogP contribution < -0.4 is 15.4 Å². The van der Waals surface area contributed by atoms with E-state index in [2.05, 4.69) is 22.2 Å². The van der Waals surface area contributed by atoms with E-state index in [1.54, 1.807) is 47.4 Å².